The van der Waals surface area contributed by atoms with Gasteiger partial charge in [0, 0.05) is 7.11 Å². The molecule has 0 aromatic carbocycles. The summed E-state index contributed by atoms with van der Waals surface area (Å²) in [5, 5.41) is 5.50. The van der Waals surface area contributed by atoms with Crippen molar-refractivity contribution < 1.29 is 9.47 Å². The third kappa shape index (κ3) is 2.31. The summed E-state index contributed by atoms with van der Waals surface area (Å²) in [6.07, 6.45) is 3.62. The van der Waals surface area contributed by atoms with Crippen LogP contribution in [-0.4, -0.2) is 39.6 Å². The van der Waals surface area contributed by atoms with Crippen LogP contribution >= 0.6 is 11.6 Å². The SMILES string of the molecule is COCC1CCC(n2ncc3c(C)nc(Cl)nc32)O1. The van der Waals surface area contributed by atoms with Gasteiger partial charge in [-0.05, 0) is 31.4 Å². The number of ether oxygens (including phenoxy) is 2. The van der Waals surface area contributed by atoms with Crippen LogP contribution in [0, 0.1) is 6.92 Å². The van der Waals surface area contributed by atoms with E-state index in [4.69, 9.17) is 21.1 Å². The summed E-state index contributed by atoms with van der Waals surface area (Å²) in [6.45, 7) is 2.50. The van der Waals surface area contributed by atoms with Gasteiger partial charge in [0.15, 0.2) is 11.9 Å². The fourth-order valence-corrected chi connectivity index (χ4v) is 2.63. The van der Waals surface area contributed by atoms with Crippen molar-refractivity contribution in [3.05, 3.63) is 17.2 Å². The van der Waals surface area contributed by atoms with Crippen LogP contribution in [0.4, 0.5) is 0 Å². The van der Waals surface area contributed by atoms with E-state index in [2.05, 4.69) is 15.1 Å². The Kier molecular flexibility index (Phi) is 3.38. The molecule has 7 heteroatoms. The van der Waals surface area contributed by atoms with Gasteiger partial charge in [0.1, 0.15) is 0 Å². The van der Waals surface area contributed by atoms with Gasteiger partial charge in [-0.3, -0.25) is 0 Å². The minimum atomic E-state index is -0.108. The molecule has 0 aliphatic carbocycles. The number of rotatable bonds is 3. The van der Waals surface area contributed by atoms with Gasteiger partial charge in [-0.1, -0.05) is 0 Å². The summed E-state index contributed by atoms with van der Waals surface area (Å²) in [5.41, 5.74) is 1.55. The van der Waals surface area contributed by atoms with E-state index in [1.807, 2.05) is 6.92 Å². The Bertz CT molecular complexity index is 601. The summed E-state index contributed by atoms with van der Waals surface area (Å²) in [6, 6.07) is 0. The largest absolute Gasteiger partial charge is 0.382 e. The molecule has 1 aliphatic heterocycles. The number of fused-ring (bicyclic) bond motifs is 1. The van der Waals surface area contributed by atoms with Crippen LogP contribution in [0.5, 0.6) is 0 Å². The minimum Gasteiger partial charge on any atom is -0.382 e. The standard InChI is InChI=1S/C12H15ClN4O2/c1-7-9-5-14-17(11(9)16-12(13)15-7)10-4-3-8(19-10)6-18-2/h5,8,10H,3-4,6H2,1-2H3. The first-order valence-corrected chi connectivity index (χ1v) is 6.58. The maximum absolute atomic E-state index is 5.91. The lowest BCUT2D eigenvalue weighted by atomic mass is 10.2. The molecule has 2 unspecified atom stereocenters. The third-order valence-electron chi connectivity index (χ3n) is 3.33. The summed E-state index contributed by atoms with van der Waals surface area (Å²) in [5.74, 6) is 0. The number of halogens is 1. The second-order valence-electron chi connectivity index (χ2n) is 4.65. The van der Waals surface area contributed by atoms with Gasteiger partial charge in [0.2, 0.25) is 5.28 Å². The molecule has 3 heterocycles. The van der Waals surface area contributed by atoms with Gasteiger partial charge in [-0.25, -0.2) is 9.67 Å². The molecule has 0 amide bonds. The molecule has 2 aromatic rings. The van der Waals surface area contributed by atoms with Gasteiger partial charge < -0.3 is 9.47 Å². The first kappa shape index (κ1) is 12.8. The highest BCUT2D eigenvalue weighted by molar-refractivity contribution is 6.28. The molecule has 2 aromatic heterocycles. The number of hydrogen-bond donors (Lipinski definition) is 0. The molecule has 19 heavy (non-hydrogen) atoms. The zero-order valence-electron chi connectivity index (χ0n) is 10.8. The lowest BCUT2D eigenvalue weighted by Crippen LogP contribution is -2.16. The van der Waals surface area contributed by atoms with Crippen LogP contribution in [-0.2, 0) is 9.47 Å². The Balaban J connectivity index is 1.94. The average Bonchev–Trinajstić information content (AvgIpc) is 2.95. The maximum atomic E-state index is 5.91. The third-order valence-corrected chi connectivity index (χ3v) is 3.50. The predicted octanol–water partition coefficient (Wildman–Crippen LogP) is 2.11. The maximum Gasteiger partial charge on any atom is 0.224 e. The zero-order chi connectivity index (χ0) is 13.4. The lowest BCUT2D eigenvalue weighted by Gasteiger charge is -2.14. The van der Waals surface area contributed by atoms with Gasteiger partial charge in [0.05, 0.1) is 30.0 Å². The fraction of sp³-hybridized carbons (Fsp3) is 0.583. The average molecular weight is 283 g/mol. The van der Waals surface area contributed by atoms with E-state index in [1.54, 1.807) is 18.0 Å². The van der Waals surface area contributed by atoms with Crippen molar-refractivity contribution in [2.24, 2.45) is 0 Å². The molecule has 0 radical (unpaired) electrons. The van der Waals surface area contributed by atoms with Crippen LogP contribution in [0.2, 0.25) is 5.28 Å². The second-order valence-corrected chi connectivity index (χ2v) is 4.99. The lowest BCUT2D eigenvalue weighted by molar-refractivity contribution is -0.0350. The van der Waals surface area contributed by atoms with Crippen LogP contribution in [0.15, 0.2) is 6.20 Å². The highest BCUT2D eigenvalue weighted by atomic mass is 35.5. The molecule has 102 valence electrons. The van der Waals surface area contributed by atoms with Crippen LogP contribution in [0.25, 0.3) is 11.0 Å². The summed E-state index contributed by atoms with van der Waals surface area (Å²) in [4.78, 5) is 8.38. The quantitative estimate of drug-likeness (QED) is 0.807. The summed E-state index contributed by atoms with van der Waals surface area (Å²) >= 11 is 5.91. The first-order valence-electron chi connectivity index (χ1n) is 6.21. The van der Waals surface area contributed by atoms with E-state index in [-0.39, 0.29) is 17.6 Å². The van der Waals surface area contributed by atoms with Crippen molar-refractivity contribution >= 4 is 22.6 Å². The van der Waals surface area contributed by atoms with Crippen molar-refractivity contribution in [3.8, 4) is 0 Å². The number of aromatic nitrogens is 4. The molecular weight excluding hydrogens is 268 g/mol. The number of methoxy groups -OCH3 is 1. The molecule has 1 fully saturated rings. The predicted molar refractivity (Wildman–Crippen MR) is 70.1 cm³/mol. The molecule has 1 aliphatic rings. The van der Waals surface area contributed by atoms with E-state index < -0.39 is 0 Å². The van der Waals surface area contributed by atoms with Gasteiger partial charge in [-0.15, -0.1) is 0 Å². The molecule has 0 spiro atoms. The van der Waals surface area contributed by atoms with E-state index in [1.165, 1.54) is 0 Å². The number of aryl methyl sites for hydroxylation is 1. The van der Waals surface area contributed by atoms with E-state index in [0.717, 1.165) is 29.6 Å². The van der Waals surface area contributed by atoms with Crippen molar-refractivity contribution in [1.82, 2.24) is 19.7 Å². The van der Waals surface area contributed by atoms with Gasteiger partial charge in [-0.2, -0.15) is 10.1 Å². The molecule has 1 saturated heterocycles. The van der Waals surface area contributed by atoms with Crippen molar-refractivity contribution in [2.45, 2.75) is 32.1 Å². The van der Waals surface area contributed by atoms with Gasteiger partial charge >= 0.3 is 0 Å². The minimum absolute atomic E-state index is 0.108. The molecule has 6 nitrogen and oxygen atoms in total. The van der Waals surface area contributed by atoms with Crippen molar-refractivity contribution in [1.29, 1.82) is 0 Å². The van der Waals surface area contributed by atoms with Crippen molar-refractivity contribution in [2.75, 3.05) is 13.7 Å². The molecular formula is C12H15ClN4O2. The molecule has 2 atom stereocenters. The Morgan fingerprint density at radius 2 is 2.32 bits per heavy atom. The molecule has 0 bridgehead atoms. The van der Waals surface area contributed by atoms with E-state index >= 15 is 0 Å². The topological polar surface area (TPSA) is 62.1 Å². The Morgan fingerprint density at radius 1 is 1.47 bits per heavy atom. The summed E-state index contributed by atoms with van der Waals surface area (Å²) in [7, 11) is 1.68. The Morgan fingerprint density at radius 3 is 3.11 bits per heavy atom. The van der Waals surface area contributed by atoms with Crippen molar-refractivity contribution in [3.63, 3.8) is 0 Å². The monoisotopic (exact) mass is 282 g/mol. The second kappa shape index (κ2) is 5.03. The van der Waals surface area contributed by atoms with Crippen LogP contribution in [0.3, 0.4) is 0 Å². The van der Waals surface area contributed by atoms with Gasteiger partial charge in [0.25, 0.3) is 0 Å². The Hall–Kier alpha value is -1.24. The first-order chi connectivity index (χ1) is 9.19. The molecule has 0 N–H and O–H groups in total. The van der Waals surface area contributed by atoms with Crippen LogP contribution < -0.4 is 0 Å². The van der Waals surface area contributed by atoms with Crippen LogP contribution in [0.1, 0.15) is 24.8 Å². The highest BCUT2D eigenvalue weighted by Crippen LogP contribution is 2.30. The normalized spacial score (nSPS) is 23.3. The fourth-order valence-electron chi connectivity index (χ4n) is 2.42. The van der Waals surface area contributed by atoms with E-state index in [9.17, 15) is 0 Å². The van der Waals surface area contributed by atoms with E-state index in [0.29, 0.717) is 6.61 Å². The highest BCUT2D eigenvalue weighted by Gasteiger charge is 2.28. The number of nitrogens with zero attached hydrogens (tertiary/aromatic N) is 4. The Labute approximate surface area is 115 Å². The summed E-state index contributed by atoms with van der Waals surface area (Å²) < 4.78 is 12.8. The smallest absolute Gasteiger partial charge is 0.224 e. The molecule has 0 saturated carbocycles. The number of hydrogen-bond acceptors (Lipinski definition) is 5. The zero-order valence-corrected chi connectivity index (χ0v) is 11.6. The molecule has 3 rings (SSSR count).